The summed E-state index contributed by atoms with van der Waals surface area (Å²) in [5.74, 6) is -0.982. The normalized spacial score (nSPS) is 18.3. The van der Waals surface area contributed by atoms with E-state index < -0.39 is 0 Å². The van der Waals surface area contributed by atoms with Crippen molar-refractivity contribution in [2.45, 2.75) is 18.9 Å². The Morgan fingerprint density at radius 2 is 1.56 bits per heavy atom. The average molecular weight is 345 g/mol. The summed E-state index contributed by atoms with van der Waals surface area (Å²) in [6.07, 6.45) is 1.67. The van der Waals surface area contributed by atoms with Crippen LogP contribution >= 0.6 is 0 Å². The molecule has 1 saturated heterocycles. The van der Waals surface area contributed by atoms with Gasteiger partial charge in [0.25, 0.3) is 0 Å². The fourth-order valence-corrected chi connectivity index (χ4v) is 3.50. The van der Waals surface area contributed by atoms with E-state index in [-0.39, 0.29) is 29.6 Å². The number of carbonyl (C=O) groups is 1. The third-order valence-electron chi connectivity index (χ3n) is 4.72. The molecule has 1 atom stereocenters. The summed E-state index contributed by atoms with van der Waals surface area (Å²) in [4.78, 5) is 14.1. The number of likely N-dealkylation sites (tertiary alicyclic amines) is 1. The summed E-state index contributed by atoms with van der Waals surface area (Å²) in [7, 11) is 1.40. The van der Waals surface area contributed by atoms with Crippen LogP contribution < -0.4 is 0 Å². The summed E-state index contributed by atoms with van der Waals surface area (Å²) >= 11 is 0. The molecule has 0 spiro atoms. The molecule has 1 aliphatic heterocycles. The predicted molar refractivity (Wildman–Crippen MR) is 91.0 cm³/mol. The quantitative estimate of drug-likeness (QED) is 0.786. The summed E-state index contributed by atoms with van der Waals surface area (Å²) in [6, 6.07) is 12.5. The van der Waals surface area contributed by atoms with E-state index in [1.54, 1.807) is 24.3 Å². The highest BCUT2D eigenvalue weighted by atomic mass is 19.1. The lowest BCUT2D eigenvalue weighted by molar-refractivity contribution is -0.147. The number of halogens is 2. The van der Waals surface area contributed by atoms with Gasteiger partial charge in [-0.05, 0) is 54.8 Å². The molecule has 0 radical (unpaired) electrons. The highest BCUT2D eigenvalue weighted by Gasteiger charge is 2.31. The molecule has 0 amide bonds. The molecule has 5 heteroatoms. The van der Waals surface area contributed by atoms with Gasteiger partial charge in [-0.25, -0.2) is 8.78 Å². The zero-order valence-corrected chi connectivity index (χ0v) is 14.1. The van der Waals surface area contributed by atoms with Crippen molar-refractivity contribution in [1.29, 1.82) is 0 Å². The Kier molecular flexibility index (Phi) is 5.43. The molecular weight excluding hydrogens is 324 g/mol. The van der Waals surface area contributed by atoms with Gasteiger partial charge in [0.1, 0.15) is 11.6 Å². The van der Waals surface area contributed by atoms with Gasteiger partial charge in [0.15, 0.2) is 0 Å². The Bertz CT molecular complexity index is 670. The van der Waals surface area contributed by atoms with E-state index in [1.165, 1.54) is 31.4 Å². The minimum Gasteiger partial charge on any atom is -0.469 e. The number of hydrogen-bond acceptors (Lipinski definition) is 3. The molecule has 1 aliphatic rings. The van der Waals surface area contributed by atoms with Gasteiger partial charge in [0, 0.05) is 6.54 Å². The molecular formula is C20H21F2NO2. The number of rotatable bonds is 4. The second-order valence-corrected chi connectivity index (χ2v) is 6.36. The molecule has 2 aromatic rings. The van der Waals surface area contributed by atoms with Gasteiger partial charge in [-0.15, -0.1) is 0 Å². The first-order valence-corrected chi connectivity index (χ1v) is 8.41. The summed E-state index contributed by atoms with van der Waals surface area (Å²) < 4.78 is 31.6. The van der Waals surface area contributed by atoms with Crippen molar-refractivity contribution in [2.75, 3.05) is 20.2 Å². The molecule has 25 heavy (non-hydrogen) atoms. The number of hydrogen-bond donors (Lipinski definition) is 0. The summed E-state index contributed by atoms with van der Waals surface area (Å²) in [6.45, 7) is 1.37. The van der Waals surface area contributed by atoms with Crippen LogP contribution in [0.1, 0.15) is 30.0 Å². The van der Waals surface area contributed by atoms with Gasteiger partial charge in [-0.2, -0.15) is 0 Å². The summed E-state index contributed by atoms with van der Waals surface area (Å²) in [5, 5.41) is 0. The van der Waals surface area contributed by atoms with Gasteiger partial charge in [0.2, 0.25) is 0 Å². The van der Waals surface area contributed by atoms with E-state index in [9.17, 15) is 13.6 Å². The molecule has 0 saturated carbocycles. The minimum absolute atomic E-state index is 0.159. The standard InChI is InChI=1S/C20H21F2NO2/c1-25-20(24)16-3-2-12-23(13-16)19(14-4-8-17(21)9-5-14)15-6-10-18(22)11-7-15/h4-11,16,19H,2-3,12-13H2,1H3. The fraction of sp³-hybridized carbons (Fsp3) is 0.350. The molecule has 1 unspecified atom stereocenters. The molecule has 3 nitrogen and oxygen atoms in total. The van der Waals surface area contributed by atoms with E-state index in [0.29, 0.717) is 6.54 Å². The van der Waals surface area contributed by atoms with Crippen LogP contribution in [0.25, 0.3) is 0 Å². The van der Waals surface area contributed by atoms with Crippen LogP contribution in [0, 0.1) is 17.6 Å². The lowest BCUT2D eigenvalue weighted by atomic mass is 9.91. The van der Waals surface area contributed by atoms with E-state index in [4.69, 9.17) is 4.74 Å². The van der Waals surface area contributed by atoms with Crippen molar-refractivity contribution in [2.24, 2.45) is 5.92 Å². The van der Waals surface area contributed by atoms with Gasteiger partial charge in [-0.3, -0.25) is 9.69 Å². The van der Waals surface area contributed by atoms with Gasteiger partial charge in [-0.1, -0.05) is 24.3 Å². The number of benzene rings is 2. The monoisotopic (exact) mass is 345 g/mol. The van der Waals surface area contributed by atoms with E-state index in [1.807, 2.05) is 0 Å². The van der Waals surface area contributed by atoms with E-state index in [0.717, 1.165) is 30.5 Å². The van der Waals surface area contributed by atoms with Crippen LogP contribution in [0.15, 0.2) is 48.5 Å². The Morgan fingerprint density at radius 1 is 1.04 bits per heavy atom. The largest absolute Gasteiger partial charge is 0.469 e. The third kappa shape index (κ3) is 4.04. The molecule has 2 aromatic carbocycles. The van der Waals surface area contributed by atoms with E-state index in [2.05, 4.69) is 4.90 Å². The smallest absolute Gasteiger partial charge is 0.309 e. The lowest BCUT2D eigenvalue weighted by Gasteiger charge is -2.38. The second-order valence-electron chi connectivity index (χ2n) is 6.36. The molecule has 3 rings (SSSR count). The second kappa shape index (κ2) is 7.74. The third-order valence-corrected chi connectivity index (χ3v) is 4.72. The fourth-order valence-electron chi connectivity index (χ4n) is 3.50. The first-order valence-electron chi connectivity index (χ1n) is 8.41. The molecule has 0 aliphatic carbocycles. The van der Waals surface area contributed by atoms with Crippen molar-refractivity contribution in [3.05, 3.63) is 71.3 Å². The Labute approximate surface area is 146 Å². The maximum Gasteiger partial charge on any atom is 0.309 e. The summed E-state index contributed by atoms with van der Waals surface area (Å²) in [5.41, 5.74) is 1.83. The van der Waals surface area contributed by atoms with Crippen LogP contribution in [0.2, 0.25) is 0 Å². The zero-order valence-electron chi connectivity index (χ0n) is 14.1. The van der Waals surface area contributed by atoms with Gasteiger partial charge in [0.05, 0.1) is 19.1 Å². The van der Waals surface area contributed by atoms with Crippen molar-refractivity contribution in [3.8, 4) is 0 Å². The SMILES string of the molecule is COC(=O)C1CCCN(C(c2ccc(F)cc2)c2ccc(F)cc2)C1. The van der Waals surface area contributed by atoms with Crippen molar-refractivity contribution < 1.29 is 18.3 Å². The lowest BCUT2D eigenvalue weighted by Crippen LogP contribution is -2.41. The van der Waals surface area contributed by atoms with Crippen LogP contribution in [0.3, 0.4) is 0 Å². The topological polar surface area (TPSA) is 29.5 Å². The highest BCUT2D eigenvalue weighted by molar-refractivity contribution is 5.72. The Morgan fingerprint density at radius 3 is 2.04 bits per heavy atom. The van der Waals surface area contributed by atoms with Crippen LogP contribution in [0.4, 0.5) is 8.78 Å². The van der Waals surface area contributed by atoms with Crippen molar-refractivity contribution in [1.82, 2.24) is 4.90 Å². The average Bonchev–Trinajstić information content (AvgIpc) is 2.64. The first kappa shape index (κ1) is 17.5. The number of carbonyl (C=O) groups excluding carboxylic acids is 1. The first-order chi connectivity index (χ1) is 12.1. The van der Waals surface area contributed by atoms with Crippen molar-refractivity contribution in [3.63, 3.8) is 0 Å². The number of esters is 1. The van der Waals surface area contributed by atoms with Gasteiger partial charge < -0.3 is 4.74 Å². The number of piperidine rings is 1. The van der Waals surface area contributed by atoms with Crippen molar-refractivity contribution >= 4 is 5.97 Å². The highest BCUT2D eigenvalue weighted by Crippen LogP contribution is 2.33. The van der Waals surface area contributed by atoms with Crippen LogP contribution in [0.5, 0.6) is 0 Å². The molecule has 1 heterocycles. The molecule has 0 bridgehead atoms. The molecule has 0 N–H and O–H groups in total. The zero-order chi connectivity index (χ0) is 17.8. The van der Waals surface area contributed by atoms with E-state index >= 15 is 0 Å². The molecule has 132 valence electrons. The maximum atomic E-state index is 13.3. The predicted octanol–water partition coefficient (Wildman–Crippen LogP) is 3.94. The number of methoxy groups -OCH3 is 1. The molecule has 1 fully saturated rings. The van der Waals surface area contributed by atoms with Gasteiger partial charge >= 0.3 is 5.97 Å². The maximum absolute atomic E-state index is 13.3. The Balaban J connectivity index is 1.94. The minimum atomic E-state index is -0.298. The van der Waals surface area contributed by atoms with Crippen LogP contribution in [-0.4, -0.2) is 31.1 Å². The number of ether oxygens (including phenoxy) is 1. The Hall–Kier alpha value is -2.27. The van der Waals surface area contributed by atoms with Crippen LogP contribution in [-0.2, 0) is 9.53 Å². The molecule has 0 aromatic heterocycles. The number of nitrogens with zero attached hydrogens (tertiary/aromatic N) is 1.